The van der Waals surface area contributed by atoms with Crippen LogP contribution in [0.5, 0.6) is 11.5 Å². The third kappa shape index (κ3) is 7.64. The predicted octanol–water partition coefficient (Wildman–Crippen LogP) is 6.92. The van der Waals surface area contributed by atoms with E-state index in [9.17, 15) is 14.9 Å². The van der Waals surface area contributed by atoms with E-state index in [1.54, 1.807) is 55.5 Å². The molecule has 0 saturated carbocycles. The number of carbonyl (C=O) groups is 2. The molecule has 0 aliphatic carbocycles. The van der Waals surface area contributed by atoms with Crippen LogP contribution >= 0.6 is 34.8 Å². The van der Waals surface area contributed by atoms with E-state index in [2.05, 4.69) is 10.6 Å². The van der Waals surface area contributed by atoms with Crippen LogP contribution in [-0.4, -0.2) is 25.0 Å². The number of nitriles is 1. The third-order valence-corrected chi connectivity index (χ3v) is 5.95. The lowest BCUT2D eigenvalue weighted by Crippen LogP contribution is -2.20. The maximum absolute atomic E-state index is 12.6. The molecule has 0 aromatic heterocycles. The molecule has 37 heavy (non-hydrogen) atoms. The normalized spacial score (nSPS) is 10.9. The van der Waals surface area contributed by atoms with Gasteiger partial charge < -0.3 is 20.1 Å². The number of halogens is 3. The monoisotopic (exact) mass is 557 g/mol. The van der Waals surface area contributed by atoms with Gasteiger partial charge in [0, 0.05) is 10.7 Å². The zero-order chi connectivity index (χ0) is 26.9. The number of amides is 2. The van der Waals surface area contributed by atoms with Crippen molar-refractivity contribution in [3.05, 3.63) is 86.4 Å². The summed E-state index contributed by atoms with van der Waals surface area (Å²) < 4.78 is 11.3. The molecule has 0 aliphatic rings. The fourth-order valence-corrected chi connectivity index (χ4v) is 3.78. The molecule has 0 bridgehead atoms. The molecule has 0 saturated heterocycles. The first-order valence-corrected chi connectivity index (χ1v) is 12.2. The van der Waals surface area contributed by atoms with Crippen LogP contribution in [0.4, 0.5) is 11.4 Å². The van der Waals surface area contributed by atoms with Crippen molar-refractivity contribution in [1.82, 2.24) is 0 Å². The number of ether oxygens (including phenoxy) is 2. The second-order valence-corrected chi connectivity index (χ2v) is 8.89. The van der Waals surface area contributed by atoms with E-state index in [1.165, 1.54) is 12.1 Å². The Morgan fingerprint density at radius 1 is 0.973 bits per heavy atom. The third-order valence-electron chi connectivity index (χ3n) is 4.93. The molecule has 2 amide bonds. The molecule has 3 aromatic carbocycles. The van der Waals surface area contributed by atoms with Crippen molar-refractivity contribution in [3.8, 4) is 17.6 Å². The lowest BCUT2D eigenvalue weighted by Gasteiger charge is -2.15. The van der Waals surface area contributed by atoms with Gasteiger partial charge in [-0.1, -0.05) is 53.0 Å². The van der Waals surface area contributed by atoms with E-state index >= 15 is 0 Å². The van der Waals surface area contributed by atoms with Gasteiger partial charge in [-0.2, -0.15) is 5.26 Å². The first kappa shape index (κ1) is 27.9. The smallest absolute Gasteiger partial charge is 0.266 e. The molecule has 0 fully saturated rings. The summed E-state index contributed by atoms with van der Waals surface area (Å²) in [5, 5.41) is 15.8. The zero-order valence-electron chi connectivity index (χ0n) is 19.9. The second kappa shape index (κ2) is 13.0. The van der Waals surface area contributed by atoms with Crippen molar-refractivity contribution in [1.29, 1.82) is 5.26 Å². The van der Waals surface area contributed by atoms with Crippen LogP contribution < -0.4 is 20.1 Å². The van der Waals surface area contributed by atoms with Crippen LogP contribution in [0.15, 0.2) is 60.2 Å². The summed E-state index contributed by atoms with van der Waals surface area (Å²) in [6.45, 7) is 3.57. The number of nitrogens with one attached hydrogen (secondary N) is 2. The summed E-state index contributed by atoms with van der Waals surface area (Å²) in [4.78, 5) is 25.0. The molecule has 3 aromatic rings. The molecular formula is C27H22Cl3N3O4. The molecule has 0 heterocycles. The van der Waals surface area contributed by atoms with Crippen molar-refractivity contribution in [2.45, 2.75) is 13.8 Å². The molecule has 7 nitrogen and oxygen atoms in total. The van der Waals surface area contributed by atoms with Gasteiger partial charge in [0.1, 0.15) is 11.6 Å². The van der Waals surface area contributed by atoms with Gasteiger partial charge in [-0.3, -0.25) is 9.59 Å². The minimum atomic E-state index is -0.641. The zero-order valence-corrected chi connectivity index (χ0v) is 22.2. The number of aryl methyl sites for hydroxylation is 1. The van der Waals surface area contributed by atoms with Gasteiger partial charge in [0.25, 0.3) is 11.8 Å². The van der Waals surface area contributed by atoms with Gasteiger partial charge in [0.15, 0.2) is 18.1 Å². The van der Waals surface area contributed by atoms with E-state index in [0.29, 0.717) is 27.0 Å². The number of rotatable bonds is 9. The van der Waals surface area contributed by atoms with E-state index in [1.807, 2.05) is 13.0 Å². The predicted molar refractivity (Wildman–Crippen MR) is 147 cm³/mol. The molecule has 0 spiro atoms. The standard InChI is InChI=1S/C27H22Cl3N3O4/c1-3-36-24-12-17(10-18(14-31)27(35)33-23-7-5-4-6-20(23)28)11-22(30)26(24)37-15-25(34)32-19-9-8-16(2)21(29)13-19/h4-13H,3,15H2,1-2H3,(H,32,34)(H,33,35)/b18-10+. The van der Waals surface area contributed by atoms with Gasteiger partial charge in [-0.05, 0) is 67.4 Å². The summed E-state index contributed by atoms with van der Waals surface area (Å²) in [5.74, 6) is -0.670. The summed E-state index contributed by atoms with van der Waals surface area (Å²) >= 11 is 18.6. The summed E-state index contributed by atoms with van der Waals surface area (Å²) in [6, 6.07) is 16.8. The van der Waals surface area contributed by atoms with Crippen LogP contribution in [-0.2, 0) is 9.59 Å². The van der Waals surface area contributed by atoms with E-state index < -0.39 is 11.8 Å². The van der Waals surface area contributed by atoms with Gasteiger partial charge >= 0.3 is 0 Å². The first-order chi connectivity index (χ1) is 17.7. The van der Waals surface area contributed by atoms with Crippen molar-refractivity contribution in [2.24, 2.45) is 0 Å². The van der Waals surface area contributed by atoms with Crippen LogP contribution in [0, 0.1) is 18.3 Å². The molecule has 190 valence electrons. The Balaban J connectivity index is 1.77. The fraction of sp³-hybridized carbons (Fsp3) is 0.148. The number of carbonyl (C=O) groups excluding carboxylic acids is 2. The molecule has 0 unspecified atom stereocenters. The lowest BCUT2D eigenvalue weighted by molar-refractivity contribution is -0.118. The van der Waals surface area contributed by atoms with Gasteiger partial charge in [0.2, 0.25) is 0 Å². The summed E-state index contributed by atoms with van der Waals surface area (Å²) in [7, 11) is 0. The Morgan fingerprint density at radius 2 is 1.73 bits per heavy atom. The largest absolute Gasteiger partial charge is 0.490 e. The Morgan fingerprint density at radius 3 is 2.41 bits per heavy atom. The highest BCUT2D eigenvalue weighted by Crippen LogP contribution is 2.37. The highest BCUT2D eigenvalue weighted by atomic mass is 35.5. The molecule has 0 aliphatic heterocycles. The van der Waals surface area contributed by atoms with Gasteiger partial charge in [-0.25, -0.2) is 0 Å². The average molecular weight is 559 g/mol. The van der Waals surface area contributed by atoms with E-state index in [0.717, 1.165) is 5.56 Å². The Labute approximate surface area is 229 Å². The van der Waals surface area contributed by atoms with Crippen LogP contribution in [0.25, 0.3) is 6.08 Å². The van der Waals surface area contributed by atoms with E-state index in [-0.39, 0.29) is 35.3 Å². The maximum atomic E-state index is 12.6. The molecule has 3 rings (SSSR count). The topological polar surface area (TPSA) is 100 Å². The van der Waals surface area contributed by atoms with Gasteiger partial charge in [0.05, 0.1) is 22.3 Å². The highest BCUT2D eigenvalue weighted by Gasteiger charge is 2.16. The first-order valence-electron chi connectivity index (χ1n) is 11.0. The molecular weight excluding hydrogens is 537 g/mol. The minimum Gasteiger partial charge on any atom is -0.490 e. The molecule has 0 radical (unpaired) electrons. The minimum absolute atomic E-state index is 0.132. The molecule has 10 heteroatoms. The van der Waals surface area contributed by atoms with Gasteiger partial charge in [-0.15, -0.1) is 0 Å². The Hall–Kier alpha value is -3.70. The summed E-state index contributed by atoms with van der Waals surface area (Å²) in [6.07, 6.45) is 1.36. The second-order valence-electron chi connectivity index (χ2n) is 7.67. The van der Waals surface area contributed by atoms with Crippen molar-refractivity contribution in [2.75, 3.05) is 23.8 Å². The number of anilines is 2. The van der Waals surface area contributed by atoms with Crippen molar-refractivity contribution >= 4 is 64.1 Å². The SMILES string of the molecule is CCOc1cc(/C=C(\C#N)C(=O)Nc2ccccc2Cl)cc(Cl)c1OCC(=O)Nc1ccc(C)c(Cl)c1. The number of nitrogens with zero attached hydrogens (tertiary/aromatic N) is 1. The number of hydrogen-bond acceptors (Lipinski definition) is 5. The van der Waals surface area contributed by atoms with Crippen molar-refractivity contribution < 1.29 is 19.1 Å². The maximum Gasteiger partial charge on any atom is 0.266 e. The van der Waals surface area contributed by atoms with Crippen LogP contribution in [0.3, 0.4) is 0 Å². The fourth-order valence-electron chi connectivity index (χ4n) is 3.15. The van der Waals surface area contributed by atoms with E-state index in [4.69, 9.17) is 44.3 Å². The number of para-hydroxylation sites is 1. The molecule has 2 N–H and O–H groups in total. The van der Waals surface area contributed by atoms with Crippen molar-refractivity contribution in [3.63, 3.8) is 0 Å². The van der Waals surface area contributed by atoms with Crippen LogP contribution in [0.1, 0.15) is 18.1 Å². The average Bonchev–Trinajstić information content (AvgIpc) is 2.85. The Bertz CT molecular complexity index is 1400. The lowest BCUT2D eigenvalue weighted by atomic mass is 10.1. The molecule has 0 atom stereocenters. The number of hydrogen-bond donors (Lipinski definition) is 2. The quantitative estimate of drug-likeness (QED) is 0.219. The van der Waals surface area contributed by atoms with Crippen LogP contribution in [0.2, 0.25) is 15.1 Å². The summed E-state index contributed by atoms with van der Waals surface area (Å²) in [5.41, 5.74) is 2.03. The highest BCUT2D eigenvalue weighted by molar-refractivity contribution is 6.34. The Kier molecular flexibility index (Phi) is 9.81. The number of benzene rings is 3.